The first-order valence-corrected chi connectivity index (χ1v) is 13.9. The average molecular weight is 539 g/mol. The van der Waals surface area contributed by atoms with Crippen molar-refractivity contribution in [1.82, 2.24) is 19.5 Å². The first-order valence-electron chi connectivity index (χ1n) is 12.1. The molecule has 3 aromatic heterocycles. The lowest BCUT2D eigenvalue weighted by Gasteiger charge is -2.16. The molecule has 0 radical (unpaired) electrons. The van der Waals surface area contributed by atoms with E-state index in [4.69, 9.17) is 14.7 Å². The van der Waals surface area contributed by atoms with Gasteiger partial charge in [-0.25, -0.2) is 9.97 Å². The zero-order chi connectivity index (χ0) is 26.1. The summed E-state index contributed by atoms with van der Waals surface area (Å²) in [5.74, 6) is 1.43. The van der Waals surface area contributed by atoms with Crippen molar-refractivity contribution in [3.8, 4) is 22.6 Å². The van der Waals surface area contributed by atoms with Gasteiger partial charge in [0.2, 0.25) is 0 Å². The van der Waals surface area contributed by atoms with Gasteiger partial charge in [0.1, 0.15) is 16.4 Å². The maximum atomic E-state index is 13.7. The smallest absolute Gasteiger partial charge is 0.266 e. The lowest BCUT2D eigenvalue weighted by Crippen LogP contribution is -2.22. The van der Waals surface area contributed by atoms with E-state index in [0.717, 1.165) is 11.1 Å². The number of hydrogen-bond acceptors (Lipinski definition) is 7. The van der Waals surface area contributed by atoms with Crippen LogP contribution in [0.15, 0.2) is 99.0 Å². The van der Waals surface area contributed by atoms with Crippen molar-refractivity contribution in [2.45, 2.75) is 17.8 Å². The largest absolute Gasteiger partial charge is 0.492 e. The van der Waals surface area contributed by atoms with Crippen LogP contribution in [0, 0.1) is 0 Å². The van der Waals surface area contributed by atoms with Crippen molar-refractivity contribution in [3.05, 3.63) is 111 Å². The van der Waals surface area contributed by atoms with Crippen molar-refractivity contribution in [2.75, 3.05) is 6.61 Å². The Morgan fingerprint density at radius 1 is 0.947 bits per heavy atom. The predicted octanol–water partition coefficient (Wildman–Crippen LogP) is 6.04. The van der Waals surface area contributed by atoms with E-state index in [1.807, 2.05) is 85.1 Å². The Kier molecular flexibility index (Phi) is 6.53. The summed E-state index contributed by atoms with van der Waals surface area (Å²) in [5.41, 5.74) is 2.70. The molecule has 7 nitrogen and oxygen atoms in total. The fourth-order valence-electron chi connectivity index (χ4n) is 4.37. The van der Waals surface area contributed by atoms with Crippen LogP contribution < -0.4 is 15.9 Å². The van der Waals surface area contributed by atoms with Gasteiger partial charge in [-0.2, -0.15) is 0 Å². The molecule has 1 N–H and O–H groups in total. The van der Waals surface area contributed by atoms with E-state index < -0.39 is 0 Å². The Labute approximate surface area is 225 Å². The number of thiophene rings is 1. The van der Waals surface area contributed by atoms with Crippen LogP contribution >= 0.6 is 23.1 Å². The summed E-state index contributed by atoms with van der Waals surface area (Å²) in [5, 5.41) is 3.55. The molecule has 0 atom stereocenters. The minimum Gasteiger partial charge on any atom is -0.492 e. The molecule has 0 saturated heterocycles. The normalized spacial score (nSPS) is 11.3. The number of thioether (sulfide) groups is 1. The molecule has 0 unspecified atom stereocenters. The van der Waals surface area contributed by atoms with Crippen LogP contribution in [0.2, 0.25) is 0 Å². The van der Waals surface area contributed by atoms with E-state index >= 15 is 0 Å². The highest BCUT2D eigenvalue weighted by Crippen LogP contribution is 2.32. The van der Waals surface area contributed by atoms with Gasteiger partial charge in [-0.3, -0.25) is 14.2 Å². The summed E-state index contributed by atoms with van der Waals surface area (Å²) in [6.07, 6.45) is 0. The van der Waals surface area contributed by atoms with Gasteiger partial charge >= 0.3 is 0 Å². The van der Waals surface area contributed by atoms with Crippen LogP contribution in [-0.2, 0) is 5.75 Å². The number of aromatic amines is 1. The molecule has 3 heterocycles. The summed E-state index contributed by atoms with van der Waals surface area (Å²) < 4.78 is 7.40. The Morgan fingerprint density at radius 3 is 2.55 bits per heavy atom. The third-order valence-corrected chi connectivity index (χ3v) is 7.89. The van der Waals surface area contributed by atoms with Crippen LogP contribution in [0.4, 0.5) is 0 Å². The van der Waals surface area contributed by atoms with Crippen molar-refractivity contribution < 1.29 is 4.74 Å². The van der Waals surface area contributed by atoms with Gasteiger partial charge in [0.15, 0.2) is 5.16 Å². The molecule has 0 fully saturated rings. The van der Waals surface area contributed by atoms with Gasteiger partial charge in [-0.1, -0.05) is 66.4 Å². The number of nitrogens with one attached hydrogen (secondary N) is 1. The van der Waals surface area contributed by atoms with E-state index in [2.05, 4.69) is 4.98 Å². The first kappa shape index (κ1) is 24.1. The second-order valence-electron chi connectivity index (χ2n) is 8.45. The van der Waals surface area contributed by atoms with Gasteiger partial charge in [0.25, 0.3) is 11.1 Å². The van der Waals surface area contributed by atoms with Gasteiger partial charge < -0.3 is 9.72 Å². The number of aromatic nitrogens is 4. The van der Waals surface area contributed by atoms with E-state index in [1.54, 1.807) is 10.6 Å². The number of hydrogen-bond donors (Lipinski definition) is 1. The monoisotopic (exact) mass is 538 g/mol. The Morgan fingerprint density at radius 2 is 1.71 bits per heavy atom. The molecular weight excluding hydrogens is 516 g/mol. The predicted molar refractivity (Wildman–Crippen MR) is 154 cm³/mol. The first-order chi connectivity index (χ1) is 18.6. The maximum Gasteiger partial charge on any atom is 0.266 e. The number of rotatable bonds is 7. The van der Waals surface area contributed by atoms with Crippen molar-refractivity contribution >= 4 is 44.2 Å². The van der Waals surface area contributed by atoms with Crippen LogP contribution in [-0.4, -0.2) is 26.1 Å². The molecule has 0 spiro atoms. The minimum absolute atomic E-state index is 0.184. The molecule has 0 aliphatic rings. The number of benzene rings is 3. The molecule has 0 amide bonds. The standard InChI is InChI=1S/C29H22N4O3S2/c1-2-36-23-15-9-8-14-22(23)33-28(35)19-12-6-7-13-21(19)30-29(33)38-17-24-31-26(34)25-20(16-37-27(25)32-24)18-10-4-3-5-11-18/h3-16H,2,17H2,1H3,(H,31,32,34). The van der Waals surface area contributed by atoms with Crippen molar-refractivity contribution in [2.24, 2.45) is 0 Å². The molecule has 0 aliphatic carbocycles. The summed E-state index contributed by atoms with van der Waals surface area (Å²) >= 11 is 2.78. The third-order valence-electron chi connectivity index (χ3n) is 6.07. The van der Waals surface area contributed by atoms with E-state index in [9.17, 15) is 9.59 Å². The lowest BCUT2D eigenvalue weighted by molar-refractivity contribution is 0.338. The fraction of sp³-hybridized carbons (Fsp3) is 0.103. The quantitative estimate of drug-likeness (QED) is 0.197. The molecule has 0 aliphatic heterocycles. The second-order valence-corrected chi connectivity index (χ2v) is 10.3. The number of nitrogens with zero attached hydrogens (tertiary/aromatic N) is 3. The molecule has 6 rings (SSSR count). The number of H-pyrrole nitrogens is 1. The highest BCUT2D eigenvalue weighted by molar-refractivity contribution is 7.98. The van der Waals surface area contributed by atoms with Crippen LogP contribution in [0.3, 0.4) is 0 Å². The Bertz CT molecular complexity index is 1890. The number of para-hydroxylation sites is 3. The molecule has 9 heteroatoms. The van der Waals surface area contributed by atoms with Crippen LogP contribution in [0.25, 0.3) is 37.9 Å². The third kappa shape index (κ3) is 4.40. The minimum atomic E-state index is -0.187. The molecule has 6 aromatic rings. The fourth-order valence-corrected chi connectivity index (χ4v) is 6.21. The van der Waals surface area contributed by atoms with Crippen LogP contribution in [0.1, 0.15) is 12.7 Å². The number of ether oxygens (including phenoxy) is 1. The summed E-state index contributed by atoms with van der Waals surface area (Å²) in [4.78, 5) is 39.9. The molecule has 0 saturated carbocycles. The topological polar surface area (TPSA) is 89.9 Å². The molecule has 0 bridgehead atoms. The van der Waals surface area contributed by atoms with Crippen molar-refractivity contribution in [1.29, 1.82) is 0 Å². The van der Waals surface area contributed by atoms with Gasteiger partial charge in [-0.15, -0.1) is 11.3 Å². The molecule has 38 heavy (non-hydrogen) atoms. The summed E-state index contributed by atoms with van der Waals surface area (Å²) in [6.45, 7) is 2.37. The Hall–Kier alpha value is -4.21. The average Bonchev–Trinajstić information content (AvgIpc) is 3.38. The zero-order valence-electron chi connectivity index (χ0n) is 20.4. The summed E-state index contributed by atoms with van der Waals surface area (Å²) in [6, 6.07) is 24.5. The second kappa shape index (κ2) is 10.3. The molecule has 188 valence electrons. The van der Waals surface area contributed by atoms with Crippen molar-refractivity contribution in [3.63, 3.8) is 0 Å². The van der Waals surface area contributed by atoms with E-state index in [0.29, 0.717) is 55.9 Å². The number of fused-ring (bicyclic) bond motifs is 2. The highest BCUT2D eigenvalue weighted by Gasteiger charge is 2.18. The maximum absolute atomic E-state index is 13.7. The van der Waals surface area contributed by atoms with Gasteiger partial charge in [0, 0.05) is 10.9 Å². The molecule has 3 aromatic carbocycles. The lowest BCUT2D eigenvalue weighted by atomic mass is 10.1. The highest BCUT2D eigenvalue weighted by atomic mass is 32.2. The van der Waals surface area contributed by atoms with Gasteiger partial charge in [-0.05, 0) is 36.8 Å². The summed E-state index contributed by atoms with van der Waals surface area (Å²) in [7, 11) is 0. The van der Waals surface area contributed by atoms with E-state index in [1.165, 1.54) is 23.1 Å². The SMILES string of the molecule is CCOc1ccccc1-n1c(SCc2nc3scc(-c4ccccc4)c3c(=O)[nH]2)nc2ccccc2c1=O. The zero-order valence-corrected chi connectivity index (χ0v) is 22.0. The molecular formula is C29H22N4O3S2. The van der Waals surface area contributed by atoms with E-state index in [-0.39, 0.29) is 11.1 Å². The van der Waals surface area contributed by atoms with Crippen LogP contribution in [0.5, 0.6) is 5.75 Å². The Balaban J connectivity index is 1.42. The van der Waals surface area contributed by atoms with Gasteiger partial charge in [0.05, 0.1) is 34.3 Å².